The van der Waals surface area contributed by atoms with Crippen molar-refractivity contribution in [2.24, 2.45) is 14.1 Å². The van der Waals surface area contributed by atoms with E-state index in [0.717, 1.165) is 60.9 Å². The van der Waals surface area contributed by atoms with Gasteiger partial charge in [-0.1, -0.05) is 29.8 Å². The number of carbonyl (C=O) groups excluding carboxylic acids is 2. The van der Waals surface area contributed by atoms with Gasteiger partial charge in [0.25, 0.3) is 5.91 Å². The van der Waals surface area contributed by atoms with E-state index in [2.05, 4.69) is 24.2 Å². The van der Waals surface area contributed by atoms with Gasteiger partial charge in [-0.05, 0) is 81.5 Å². The Morgan fingerprint density at radius 3 is 2.36 bits per heavy atom. The van der Waals surface area contributed by atoms with Gasteiger partial charge in [-0.15, -0.1) is 0 Å². The summed E-state index contributed by atoms with van der Waals surface area (Å²) in [6, 6.07) is 13.5. The maximum Gasteiger partial charge on any atom is 0.270 e. The third-order valence-corrected chi connectivity index (χ3v) is 8.89. The van der Waals surface area contributed by atoms with Crippen LogP contribution in [0, 0.1) is 27.7 Å². The Balaban J connectivity index is 1.52. The Labute approximate surface area is 263 Å². The molecule has 5 rings (SSSR count). The molecule has 0 fully saturated rings. The third-order valence-electron chi connectivity index (χ3n) is 8.30. The molecule has 0 N–H and O–H groups in total. The average molecular weight is 615 g/mol. The van der Waals surface area contributed by atoms with E-state index in [4.69, 9.17) is 20.8 Å². The summed E-state index contributed by atoms with van der Waals surface area (Å²) in [6.45, 7) is 10.2. The van der Waals surface area contributed by atoms with Gasteiger partial charge in [0.15, 0.2) is 11.5 Å². The van der Waals surface area contributed by atoms with Crippen LogP contribution in [0.3, 0.4) is 0 Å². The number of amides is 1. The number of fused-ring (bicyclic) bond motifs is 1. The van der Waals surface area contributed by atoms with Crippen molar-refractivity contribution in [3.63, 3.8) is 0 Å². The molecule has 0 spiro atoms. The molecule has 3 aromatic heterocycles. The summed E-state index contributed by atoms with van der Waals surface area (Å²) in [5, 5.41) is 6.44. The van der Waals surface area contributed by atoms with Gasteiger partial charge in [0, 0.05) is 55.3 Å². The summed E-state index contributed by atoms with van der Waals surface area (Å²) in [7, 11) is 5.65. The van der Waals surface area contributed by atoms with Crippen molar-refractivity contribution in [1.29, 1.82) is 0 Å². The molecular weight excluding hydrogens is 576 g/mol. The lowest BCUT2D eigenvalue weighted by Gasteiger charge is -2.18. The number of aromatic nitrogens is 3. The second kappa shape index (κ2) is 12.4. The van der Waals surface area contributed by atoms with Crippen LogP contribution in [0.1, 0.15) is 68.2 Å². The van der Waals surface area contributed by atoms with Gasteiger partial charge >= 0.3 is 0 Å². The van der Waals surface area contributed by atoms with Crippen LogP contribution in [-0.2, 0) is 27.1 Å². The van der Waals surface area contributed by atoms with E-state index in [1.54, 1.807) is 24.1 Å². The zero-order valence-corrected chi connectivity index (χ0v) is 27.4. The number of ketones is 1. The number of hydrogen-bond acceptors (Lipinski definition) is 5. The van der Waals surface area contributed by atoms with Gasteiger partial charge in [0.05, 0.1) is 24.4 Å². The van der Waals surface area contributed by atoms with Crippen LogP contribution in [0.25, 0.3) is 22.0 Å². The van der Waals surface area contributed by atoms with Crippen LogP contribution in [0.4, 0.5) is 0 Å². The Morgan fingerprint density at radius 2 is 1.75 bits per heavy atom. The number of halogens is 1. The number of nitrogens with zero attached hydrogens (tertiary/aromatic N) is 4. The summed E-state index contributed by atoms with van der Waals surface area (Å²) in [6.07, 6.45) is 1.35. The number of carbonyl (C=O) groups is 2. The number of hydrogen-bond donors (Lipinski definition) is 0. The van der Waals surface area contributed by atoms with Crippen molar-refractivity contribution >= 4 is 34.2 Å². The number of aryl methyl sites for hydroxylation is 6. The Morgan fingerprint density at radius 1 is 1.05 bits per heavy atom. The fourth-order valence-electron chi connectivity index (χ4n) is 6.05. The average Bonchev–Trinajstić information content (AvgIpc) is 3.63. The first-order valence-electron chi connectivity index (χ1n) is 14.7. The van der Waals surface area contributed by atoms with Crippen LogP contribution >= 0.6 is 11.6 Å². The SMILES string of the molecule is CC(=O)c1ccc(CN(C)C(=O)c2c(CCCOc3cc(C)c(Cl)c(C)c3)c3cccc(-c4c(C)nn(C)c4C)c3n2C)o1. The van der Waals surface area contributed by atoms with Crippen LogP contribution in [0.2, 0.25) is 5.02 Å². The molecule has 230 valence electrons. The molecule has 0 aliphatic heterocycles. The van der Waals surface area contributed by atoms with Gasteiger partial charge in [0.2, 0.25) is 0 Å². The monoisotopic (exact) mass is 614 g/mol. The van der Waals surface area contributed by atoms with Gasteiger partial charge < -0.3 is 18.6 Å². The molecule has 0 atom stereocenters. The van der Waals surface area contributed by atoms with Crippen molar-refractivity contribution < 1.29 is 18.7 Å². The fourth-order valence-corrected chi connectivity index (χ4v) is 6.16. The van der Waals surface area contributed by atoms with Gasteiger partial charge in [-0.25, -0.2) is 0 Å². The minimum atomic E-state index is -0.152. The number of rotatable bonds is 10. The van der Waals surface area contributed by atoms with Crippen molar-refractivity contribution in [2.45, 2.75) is 54.0 Å². The summed E-state index contributed by atoms with van der Waals surface area (Å²) in [5.41, 5.74) is 8.63. The molecule has 5 aromatic rings. The molecule has 0 saturated carbocycles. The van der Waals surface area contributed by atoms with E-state index in [9.17, 15) is 9.59 Å². The second-order valence-corrected chi connectivity index (χ2v) is 11.9. The van der Waals surface area contributed by atoms with E-state index >= 15 is 0 Å². The van der Waals surface area contributed by atoms with Crippen molar-refractivity contribution in [3.05, 3.63) is 92.8 Å². The molecular formula is C35H39ClN4O4. The summed E-state index contributed by atoms with van der Waals surface area (Å²) >= 11 is 6.35. The van der Waals surface area contributed by atoms with E-state index in [1.165, 1.54) is 6.92 Å². The number of ether oxygens (including phenoxy) is 1. The molecule has 1 amide bonds. The summed E-state index contributed by atoms with van der Waals surface area (Å²) < 4.78 is 15.7. The number of benzene rings is 2. The lowest BCUT2D eigenvalue weighted by molar-refractivity contribution is 0.0764. The standard InChI is InChI=1S/C35H39ClN4O4/c1-20-17-26(18-21(2)32(20)36)43-16-10-13-28-27-11-9-12-29(31-22(3)37-40(8)23(31)4)33(27)39(7)34(28)35(42)38(6)19-25-14-15-30(44-25)24(5)41/h9,11-12,14-15,17-18H,10,13,16,19H2,1-8H3. The molecule has 9 heteroatoms. The predicted octanol–water partition coefficient (Wildman–Crippen LogP) is 7.55. The first-order chi connectivity index (χ1) is 20.9. The maximum absolute atomic E-state index is 14.2. The fraction of sp³-hybridized carbons (Fsp3) is 0.343. The summed E-state index contributed by atoms with van der Waals surface area (Å²) in [5.74, 6) is 1.34. The molecule has 44 heavy (non-hydrogen) atoms. The molecule has 3 heterocycles. The van der Waals surface area contributed by atoms with Crippen LogP contribution < -0.4 is 4.74 Å². The molecule has 0 aliphatic carbocycles. The molecule has 0 radical (unpaired) electrons. The predicted molar refractivity (Wildman–Crippen MR) is 174 cm³/mol. The maximum atomic E-state index is 14.2. The largest absolute Gasteiger partial charge is 0.494 e. The Hall–Kier alpha value is -4.30. The van der Waals surface area contributed by atoms with Crippen molar-refractivity contribution in [1.82, 2.24) is 19.2 Å². The molecule has 0 saturated heterocycles. The molecule has 0 bridgehead atoms. The topological polar surface area (TPSA) is 82.5 Å². The molecule has 0 unspecified atom stereocenters. The smallest absolute Gasteiger partial charge is 0.270 e. The second-order valence-electron chi connectivity index (χ2n) is 11.6. The minimum absolute atomic E-state index is 0.130. The number of para-hydroxylation sites is 1. The molecule has 0 aliphatic rings. The highest BCUT2D eigenvalue weighted by atomic mass is 35.5. The Bertz CT molecular complexity index is 1870. The highest BCUT2D eigenvalue weighted by Crippen LogP contribution is 2.37. The first kappa shape index (κ1) is 31.1. The van der Waals surface area contributed by atoms with Gasteiger partial charge in [-0.2, -0.15) is 5.10 Å². The van der Waals surface area contributed by atoms with Gasteiger partial charge in [-0.3, -0.25) is 14.3 Å². The number of Topliss-reactive ketones (excluding diaryl/α,β-unsaturated/α-hetero) is 1. The van der Waals surface area contributed by atoms with E-state index in [0.29, 0.717) is 30.9 Å². The van der Waals surface area contributed by atoms with Crippen molar-refractivity contribution in [2.75, 3.05) is 13.7 Å². The lowest BCUT2D eigenvalue weighted by Crippen LogP contribution is -2.28. The van der Waals surface area contributed by atoms with Crippen LogP contribution in [0.5, 0.6) is 5.75 Å². The summed E-state index contributed by atoms with van der Waals surface area (Å²) in [4.78, 5) is 27.6. The van der Waals surface area contributed by atoms with E-state index in [1.807, 2.05) is 62.3 Å². The van der Waals surface area contributed by atoms with Crippen LogP contribution in [0.15, 0.2) is 46.9 Å². The number of furan rings is 1. The van der Waals surface area contributed by atoms with E-state index in [-0.39, 0.29) is 24.0 Å². The first-order valence-corrected chi connectivity index (χ1v) is 15.1. The zero-order chi connectivity index (χ0) is 31.9. The highest BCUT2D eigenvalue weighted by molar-refractivity contribution is 6.32. The Kier molecular flexibility index (Phi) is 8.75. The third kappa shape index (κ3) is 5.78. The van der Waals surface area contributed by atoms with Crippen LogP contribution in [-0.4, -0.2) is 44.6 Å². The molecule has 2 aromatic carbocycles. The normalized spacial score (nSPS) is 11.4. The molecule has 8 nitrogen and oxygen atoms in total. The van der Waals surface area contributed by atoms with Gasteiger partial charge in [0.1, 0.15) is 17.2 Å². The van der Waals surface area contributed by atoms with Crippen molar-refractivity contribution in [3.8, 4) is 16.9 Å². The van der Waals surface area contributed by atoms with E-state index < -0.39 is 0 Å². The highest BCUT2D eigenvalue weighted by Gasteiger charge is 2.27. The minimum Gasteiger partial charge on any atom is -0.494 e. The lowest BCUT2D eigenvalue weighted by atomic mass is 9.98. The quantitative estimate of drug-likeness (QED) is 0.120. The zero-order valence-electron chi connectivity index (χ0n) is 26.7.